The van der Waals surface area contributed by atoms with Crippen LogP contribution in [0.25, 0.3) is 0 Å². The number of rotatable bonds is 7. The smallest absolute Gasteiger partial charge is 0.423 e. The summed E-state index contributed by atoms with van der Waals surface area (Å²) in [4.78, 5) is 21.8. The van der Waals surface area contributed by atoms with E-state index >= 15 is 0 Å². The van der Waals surface area contributed by atoms with E-state index in [1.807, 2.05) is 0 Å². The molecule has 128 valence electrons. The highest BCUT2D eigenvalue weighted by Gasteiger charge is 2.21. The number of nitrogens with zero attached hydrogens (tertiary/aromatic N) is 2. The van der Waals surface area contributed by atoms with Gasteiger partial charge in [-0.25, -0.2) is 18.6 Å². The van der Waals surface area contributed by atoms with Crippen molar-refractivity contribution in [3.63, 3.8) is 0 Å². The van der Waals surface area contributed by atoms with E-state index < -0.39 is 27.1 Å². The van der Waals surface area contributed by atoms with Gasteiger partial charge in [-0.15, -0.1) is 16.0 Å². The van der Waals surface area contributed by atoms with Crippen LogP contribution in [0.1, 0.15) is 18.6 Å². The highest BCUT2D eigenvalue weighted by atomic mass is 35.5. The third-order valence-corrected chi connectivity index (χ3v) is 4.00. The van der Waals surface area contributed by atoms with E-state index in [4.69, 9.17) is 16.3 Å². The molecule has 0 bridgehead atoms. The van der Waals surface area contributed by atoms with Crippen LogP contribution in [0, 0.1) is 10.1 Å². The topological polar surface area (TPSA) is 119 Å². The second-order valence-corrected chi connectivity index (χ2v) is 6.82. The molecule has 23 heavy (non-hydrogen) atoms. The maximum absolute atomic E-state index is 11.7. The van der Waals surface area contributed by atoms with Gasteiger partial charge in [0.1, 0.15) is 6.10 Å². The lowest BCUT2D eigenvalue weighted by molar-refractivity contribution is -0.384. The molecule has 1 rings (SSSR count). The van der Waals surface area contributed by atoms with Crippen LogP contribution in [0.15, 0.2) is 24.3 Å². The van der Waals surface area contributed by atoms with Gasteiger partial charge in [-0.2, -0.15) is 0 Å². The Morgan fingerprint density at radius 2 is 2.00 bits per heavy atom. The number of sulfonamides is 1. The minimum atomic E-state index is -3.68. The van der Waals surface area contributed by atoms with Crippen molar-refractivity contribution in [3.05, 3.63) is 39.9 Å². The molecule has 0 spiro atoms. The summed E-state index contributed by atoms with van der Waals surface area (Å²) in [6.45, 7) is 1.44. The van der Waals surface area contributed by atoms with Crippen LogP contribution >= 0.6 is 11.6 Å². The Balaban J connectivity index is 2.70. The van der Waals surface area contributed by atoms with Gasteiger partial charge in [0.05, 0.1) is 11.2 Å². The van der Waals surface area contributed by atoms with Gasteiger partial charge in [0.2, 0.25) is 10.0 Å². The number of nitro benzene ring substituents is 1. The lowest BCUT2D eigenvalue weighted by Gasteiger charge is -2.21. The molecular weight excluding hydrogens is 350 g/mol. The fourth-order valence-corrected chi connectivity index (χ4v) is 2.54. The number of halogens is 1. The molecule has 0 saturated carbocycles. The summed E-state index contributed by atoms with van der Waals surface area (Å²) in [5.74, 6) is -0.00867. The van der Waals surface area contributed by atoms with Gasteiger partial charge >= 0.3 is 6.09 Å². The zero-order valence-corrected chi connectivity index (χ0v) is 14.0. The molecule has 0 heterocycles. The fraction of sp³-hybridized carbons (Fsp3) is 0.417. The molecule has 1 atom stereocenters. The number of hydrogen-bond acceptors (Lipinski definition) is 6. The molecule has 0 aliphatic rings. The van der Waals surface area contributed by atoms with Crippen molar-refractivity contribution < 1.29 is 22.9 Å². The first-order chi connectivity index (χ1) is 10.6. The van der Waals surface area contributed by atoms with Crippen molar-refractivity contribution in [3.8, 4) is 0 Å². The lowest BCUT2D eigenvalue weighted by Crippen LogP contribution is -2.46. The highest BCUT2D eigenvalue weighted by Crippen LogP contribution is 2.20. The molecular formula is C12H16ClN3O6S. The van der Waals surface area contributed by atoms with E-state index in [0.717, 1.165) is 6.26 Å². The Morgan fingerprint density at radius 1 is 1.43 bits per heavy atom. The standard InChI is InChI=1S/C12H16ClN3O6S/c1-9(10-3-5-11(6-4-10)16(18)19)22-12(17)14-15(8-7-13)23(2,20)21/h3-6,9H,7-8H2,1-2H3,(H,14,17). The van der Waals surface area contributed by atoms with Crippen LogP contribution < -0.4 is 5.43 Å². The van der Waals surface area contributed by atoms with Crippen molar-refractivity contribution in [1.82, 2.24) is 9.84 Å². The molecule has 0 aliphatic heterocycles. The number of nitrogens with one attached hydrogen (secondary N) is 1. The molecule has 11 heteroatoms. The average molecular weight is 366 g/mol. The van der Waals surface area contributed by atoms with Gasteiger partial charge in [-0.1, -0.05) is 0 Å². The van der Waals surface area contributed by atoms with Gasteiger partial charge in [-0.05, 0) is 24.6 Å². The van der Waals surface area contributed by atoms with Crippen molar-refractivity contribution in [2.45, 2.75) is 13.0 Å². The number of amides is 1. The Morgan fingerprint density at radius 3 is 2.43 bits per heavy atom. The van der Waals surface area contributed by atoms with Gasteiger partial charge in [0.15, 0.2) is 0 Å². The number of ether oxygens (including phenoxy) is 1. The average Bonchev–Trinajstić information content (AvgIpc) is 2.45. The Labute approximate surface area is 138 Å². The van der Waals surface area contributed by atoms with E-state index in [1.54, 1.807) is 6.92 Å². The van der Waals surface area contributed by atoms with E-state index in [-0.39, 0.29) is 18.1 Å². The SMILES string of the molecule is CC(OC(=O)NN(CCCl)S(C)(=O)=O)c1ccc([N+](=O)[O-])cc1. The number of carbonyl (C=O) groups is 1. The maximum Gasteiger partial charge on any atom is 0.423 e. The molecule has 1 amide bonds. The first kappa shape index (κ1) is 19.1. The number of benzene rings is 1. The van der Waals surface area contributed by atoms with Crippen LogP contribution in [0.5, 0.6) is 0 Å². The van der Waals surface area contributed by atoms with Crippen molar-refractivity contribution in [2.75, 3.05) is 18.7 Å². The number of non-ortho nitro benzene ring substituents is 1. The molecule has 1 aromatic carbocycles. The maximum atomic E-state index is 11.7. The molecule has 0 saturated heterocycles. The molecule has 0 fully saturated rings. The van der Waals surface area contributed by atoms with Crippen LogP contribution in [0.4, 0.5) is 10.5 Å². The molecule has 1 aromatic rings. The second kappa shape index (κ2) is 8.09. The molecule has 0 aromatic heterocycles. The lowest BCUT2D eigenvalue weighted by atomic mass is 10.1. The van der Waals surface area contributed by atoms with Gasteiger partial charge in [0.25, 0.3) is 5.69 Å². The minimum absolute atomic E-state index is 0.00867. The third kappa shape index (κ3) is 6.00. The number of carbonyl (C=O) groups excluding carboxylic acids is 1. The number of nitro groups is 1. The van der Waals surface area contributed by atoms with E-state index in [2.05, 4.69) is 5.43 Å². The first-order valence-electron chi connectivity index (χ1n) is 6.40. The summed E-state index contributed by atoms with van der Waals surface area (Å²) in [7, 11) is -3.68. The summed E-state index contributed by atoms with van der Waals surface area (Å²) >= 11 is 5.47. The number of hydrazine groups is 1. The van der Waals surface area contributed by atoms with Crippen LogP contribution in [-0.4, -0.2) is 42.5 Å². The summed E-state index contributed by atoms with van der Waals surface area (Å²) in [6, 6.07) is 5.46. The van der Waals surface area contributed by atoms with Crippen LogP contribution in [-0.2, 0) is 14.8 Å². The minimum Gasteiger partial charge on any atom is -0.441 e. The highest BCUT2D eigenvalue weighted by molar-refractivity contribution is 7.88. The monoisotopic (exact) mass is 365 g/mol. The zero-order valence-electron chi connectivity index (χ0n) is 12.4. The van der Waals surface area contributed by atoms with Crippen molar-refractivity contribution >= 4 is 33.4 Å². The quantitative estimate of drug-likeness (QED) is 0.447. The van der Waals surface area contributed by atoms with Crippen LogP contribution in [0.3, 0.4) is 0 Å². The van der Waals surface area contributed by atoms with Crippen molar-refractivity contribution in [1.29, 1.82) is 0 Å². The predicted molar refractivity (Wildman–Crippen MR) is 83.4 cm³/mol. The predicted octanol–water partition coefficient (Wildman–Crippen LogP) is 1.80. The van der Waals surface area contributed by atoms with Crippen molar-refractivity contribution in [2.24, 2.45) is 0 Å². The molecule has 1 N–H and O–H groups in total. The molecule has 9 nitrogen and oxygen atoms in total. The first-order valence-corrected chi connectivity index (χ1v) is 8.78. The van der Waals surface area contributed by atoms with Gasteiger partial charge < -0.3 is 4.74 Å². The summed E-state index contributed by atoms with van der Waals surface area (Å²) in [6.07, 6.45) is -0.792. The van der Waals surface area contributed by atoms with E-state index in [0.29, 0.717) is 9.98 Å². The van der Waals surface area contributed by atoms with E-state index in [1.165, 1.54) is 24.3 Å². The van der Waals surface area contributed by atoms with Gasteiger partial charge in [-0.3, -0.25) is 10.1 Å². The van der Waals surface area contributed by atoms with E-state index in [9.17, 15) is 23.3 Å². The molecule has 1 unspecified atom stereocenters. The summed E-state index contributed by atoms with van der Waals surface area (Å²) in [5.41, 5.74) is 2.51. The van der Waals surface area contributed by atoms with Gasteiger partial charge in [0, 0.05) is 24.6 Å². The number of alkyl halides is 1. The molecule has 0 aliphatic carbocycles. The summed E-state index contributed by atoms with van der Waals surface area (Å²) < 4.78 is 28.6. The normalized spacial score (nSPS) is 12.7. The summed E-state index contributed by atoms with van der Waals surface area (Å²) in [5, 5.41) is 10.6. The Kier molecular flexibility index (Phi) is 6.73. The fourth-order valence-electron chi connectivity index (χ4n) is 1.61. The molecule has 0 radical (unpaired) electrons. The Bertz CT molecular complexity index is 664. The van der Waals surface area contributed by atoms with Crippen LogP contribution in [0.2, 0.25) is 0 Å². The third-order valence-electron chi connectivity index (χ3n) is 2.76. The second-order valence-electron chi connectivity index (χ2n) is 4.53. The zero-order chi connectivity index (χ0) is 17.6. The largest absolute Gasteiger partial charge is 0.441 e. The number of hydrogen-bond donors (Lipinski definition) is 1. The Hall–Kier alpha value is -1.91.